The molecule has 0 atom stereocenters. The number of amides is 3. The van der Waals surface area contributed by atoms with E-state index in [0.29, 0.717) is 26.8 Å². The molecule has 1 aliphatic carbocycles. The van der Waals surface area contributed by atoms with Gasteiger partial charge >= 0.3 is 5.97 Å². The van der Waals surface area contributed by atoms with E-state index in [1.807, 2.05) is 0 Å². The average Bonchev–Trinajstić information content (AvgIpc) is 3.28. The zero-order chi connectivity index (χ0) is 22.5. The molecule has 1 aromatic carbocycles. The molecule has 1 aliphatic rings. The van der Waals surface area contributed by atoms with E-state index in [2.05, 4.69) is 10.6 Å². The van der Waals surface area contributed by atoms with Crippen LogP contribution in [0.15, 0.2) is 18.2 Å². The zero-order valence-corrected chi connectivity index (χ0v) is 18.5. The number of aryl methyl sites for hydroxylation is 1. The van der Waals surface area contributed by atoms with Crippen molar-refractivity contribution < 1.29 is 23.9 Å². The van der Waals surface area contributed by atoms with Crippen LogP contribution in [0.4, 0.5) is 10.7 Å². The molecule has 10 heteroatoms. The maximum Gasteiger partial charge on any atom is 0.306 e. The van der Waals surface area contributed by atoms with E-state index in [4.69, 9.17) is 22.1 Å². The lowest BCUT2D eigenvalue weighted by Gasteiger charge is -2.10. The lowest BCUT2D eigenvalue weighted by molar-refractivity contribution is -0.147. The number of primary amides is 1. The summed E-state index contributed by atoms with van der Waals surface area (Å²) in [5.74, 6) is -2.20. The van der Waals surface area contributed by atoms with Crippen LogP contribution in [0.2, 0.25) is 5.02 Å². The minimum absolute atomic E-state index is 0.144. The monoisotopic (exact) mass is 463 g/mol. The van der Waals surface area contributed by atoms with E-state index in [1.54, 1.807) is 25.1 Å². The van der Waals surface area contributed by atoms with Gasteiger partial charge in [0.2, 0.25) is 5.91 Å². The quantitative estimate of drug-likeness (QED) is 0.518. The zero-order valence-electron chi connectivity index (χ0n) is 16.9. The number of thiophene rings is 1. The van der Waals surface area contributed by atoms with Gasteiger partial charge in [-0.3, -0.25) is 19.2 Å². The van der Waals surface area contributed by atoms with E-state index in [-0.39, 0.29) is 12.8 Å². The largest absolute Gasteiger partial charge is 0.456 e. The number of ether oxygens (including phenoxy) is 1. The van der Waals surface area contributed by atoms with Gasteiger partial charge in [0.1, 0.15) is 5.00 Å². The molecule has 0 spiro atoms. The van der Waals surface area contributed by atoms with E-state index >= 15 is 0 Å². The molecule has 0 saturated heterocycles. The van der Waals surface area contributed by atoms with E-state index < -0.39 is 30.3 Å². The summed E-state index contributed by atoms with van der Waals surface area (Å²) in [4.78, 5) is 48.9. The second-order valence-electron chi connectivity index (χ2n) is 7.10. The molecule has 8 nitrogen and oxygen atoms in total. The predicted octanol–water partition coefficient (Wildman–Crippen LogP) is 3.20. The summed E-state index contributed by atoms with van der Waals surface area (Å²) >= 11 is 7.35. The smallest absolute Gasteiger partial charge is 0.306 e. The SMILES string of the molecule is Cc1c(Cl)cccc1NC(=O)COC(=O)CCC(=O)Nc1sc2c(c1C(N)=O)CCC2. The van der Waals surface area contributed by atoms with Gasteiger partial charge in [-0.2, -0.15) is 0 Å². The van der Waals surface area contributed by atoms with E-state index in [0.717, 1.165) is 29.7 Å². The molecule has 4 N–H and O–H groups in total. The summed E-state index contributed by atoms with van der Waals surface area (Å²) in [7, 11) is 0. The Balaban J connectivity index is 1.45. The second kappa shape index (κ2) is 9.93. The summed E-state index contributed by atoms with van der Waals surface area (Å²) in [5, 5.41) is 6.22. The van der Waals surface area contributed by atoms with Crippen molar-refractivity contribution in [2.45, 2.75) is 39.0 Å². The van der Waals surface area contributed by atoms with Gasteiger partial charge in [-0.1, -0.05) is 17.7 Å². The van der Waals surface area contributed by atoms with Crippen LogP contribution in [0.3, 0.4) is 0 Å². The summed E-state index contributed by atoms with van der Waals surface area (Å²) in [5.41, 5.74) is 7.97. The van der Waals surface area contributed by atoms with Gasteiger partial charge in [-0.25, -0.2) is 0 Å². The third kappa shape index (κ3) is 5.62. The summed E-state index contributed by atoms with van der Waals surface area (Å²) in [6, 6.07) is 5.08. The van der Waals surface area contributed by atoms with Crippen LogP contribution in [0.5, 0.6) is 0 Å². The van der Waals surface area contributed by atoms with Gasteiger partial charge in [-0.05, 0) is 49.4 Å². The number of rotatable bonds is 8. The molecule has 2 aromatic rings. The first-order valence-electron chi connectivity index (χ1n) is 9.71. The number of carbonyl (C=O) groups excluding carboxylic acids is 4. The normalized spacial score (nSPS) is 12.2. The molecule has 1 aromatic heterocycles. The van der Waals surface area contributed by atoms with Crippen LogP contribution < -0.4 is 16.4 Å². The Labute approximate surface area is 188 Å². The highest BCUT2D eigenvalue weighted by molar-refractivity contribution is 7.17. The fourth-order valence-corrected chi connectivity index (χ4v) is 4.79. The van der Waals surface area contributed by atoms with Crippen molar-refractivity contribution in [3.8, 4) is 0 Å². The van der Waals surface area contributed by atoms with E-state index in [1.165, 1.54) is 11.3 Å². The lowest BCUT2D eigenvalue weighted by atomic mass is 10.1. The molecule has 0 unspecified atom stereocenters. The lowest BCUT2D eigenvalue weighted by Crippen LogP contribution is -2.22. The topological polar surface area (TPSA) is 128 Å². The van der Waals surface area contributed by atoms with Crippen LogP contribution in [0.1, 0.15) is 45.6 Å². The summed E-state index contributed by atoms with van der Waals surface area (Å²) < 4.78 is 4.92. The first-order valence-corrected chi connectivity index (χ1v) is 10.9. The van der Waals surface area contributed by atoms with Gasteiger partial charge in [0.05, 0.1) is 12.0 Å². The number of nitrogens with one attached hydrogen (secondary N) is 2. The van der Waals surface area contributed by atoms with Crippen molar-refractivity contribution in [3.05, 3.63) is 44.8 Å². The first kappa shape index (κ1) is 22.8. The molecule has 0 saturated carbocycles. The van der Waals surface area contributed by atoms with Gasteiger partial charge < -0.3 is 21.1 Å². The average molecular weight is 464 g/mol. The fraction of sp³-hybridized carbons (Fsp3) is 0.333. The number of hydrogen-bond donors (Lipinski definition) is 3. The van der Waals surface area contributed by atoms with Gasteiger partial charge in [0.25, 0.3) is 11.8 Å². The molecule has 1 heterocycles. The van der Waals surface area contributed by atoms with Crippen molar-refractivity contribution in [2.75, 3.05) is 17.2 Å². The first-order chi connectivity index (χ1) is 14.8. The maximum absolute atomic E-state index is 12.2. The molecule has 0 radical (unpaired) electrons. The Hall–Kier alpha value is -2.91. The van der Waals surface area contributed by atoms with Crippen LogP contribution in [0, 0.1) is 6.92 Å². The Morgan fingerprint density at radius 3 is 2.65 bits per heavy atom. The predicted molar refractivity (Wildman–Crippen MR) is 119 cm³/mol. The highest BCUT2D eigenvalue weighted by Gasteiger charge is 2.26. The summed E-state index contributed by atoms with van der Waals surface area (Å²) in [6.45, 7) is 1.28. The number of esters is 1. The van der Waals surface area contributed by atoms with Crippen LogP contribution in [-0.2, 0) is 32.0 Å². The minimum atomic E-state index is -0.683. The highest BCUT2D eigenvalue weighted by Crippen LogP contribution is 2.38. The van der Waals surface area contributed by atoms with Gasteiger partial charge in [-0.15, -0.1) is 11.3 Å². The van der Waals surface area contributed by atoms with Crippen molar-refractivity contribution in [1.29, 1.82) is 0 Å². The van der Waals surface area contributed by atoms with Gasteiger partial charge in [0, 0.05) is 22.0 Å². The standard InChI is InChI=1S/C21H22ClN3O5S/c1-11-13(22)5-3-6-14(11)24-17(27)10-30-18(28)9-8-16(26)25-21-19(20(23)29)12-4-2-7-15(12)31-21/h3,5-6H,2,4,7-10H2,1H3,(H2,23,29)(H,24,27)(H,25,26). The fourth-order valence-electron chi connectivity index (χ4n) is 3.31. The number of hydrogen-bond acceptors (Lipinski definition) is 6. The highest BCUT2D eigenvalue weighted by atomic mass is 35.5. The van der Waals surface area contributed by atoms with Crippen LogP contribution in [-0.4, -0.2) is 30.3 Å². The van der Waals surface area contributed by atoms with Crippen molar-refractivity contribution in [1.82, 2.24) is 0 Å². The number of carbonyl (C=O) groups is 4. The molecule has 3 rings (SSSR count). The number of benzene rings is 1. The molecular formula is C21H22ClN3O5S. The number of nitrogens with two attached hydrogens (primary N) is 1. The van der Waals surface area contributed by atoms with Crippen LogP contribution >= 0.6 is 22.9 Å². The molecule has 164 valence electrons. The second-order valence-corrected chi connectivity index (χ2v) is 8.61. The number of anilines is 2. The summed E-state index contributed by atoms with van der Waals surface area (Å²) in [6.07, 6.45) is 2.25. The molecule has 0 bridgehead atoms. The van der Waals surface area contributed by atoms with Crippen LogP contribution in [0.25, 0.3) is 0 Å². The Morgan fingerprint density at radius 2 is 1.90 bits per heavy atom. The number of fused-ring (bicyclic) bond motifs is 1. The Kier molecular flexibility index (Phi) is 7.29. The minimum Gasteiger partial charge on any atom is -0.456 e. The molecule has 3 amide bonds. The third-order valence-corrected chi connectivity index (χ3v) is 6.50. The number of halogens is 1. The van der Waals surface area contributed by atoms with Crippen molar-refractivity contribution in [3.63, 3.8) is 0 Å². The maximum atomic E-state index is 12.2. The third-order valence-electron chi connectivity index (χ3n) is 4.88. The molecule has 31 heavy (non-hydrogen) atoms. The molecule has 0 aliphatic heterocycles. The Bertz CT molecular complexity index is 1050. The molecule has 0 fully saturated rings. The molecular weight excluding hydrogens is 442 g/mol. The Morgan fingerprint density at radius 1 is 1.13 bits per heavy atom. The van der Waals surface area contributed by atoms with Crippen molar-refractivity contribution in [2.24, 2.45) is 5.73 Å². The van der Waals surface area contributed by atoms with Gasteiger partial charge in [0.15, 0.2) is 6.61 Å². The van der Waals surface area contributed by atoms with Crippen molar-refractivity contribution >= 4 is 57.3 Å². The van der Waals surface area contributed by atoms with E-state index in [9.17, 15) is 19.2 Å².